The average molecular weight is 382 g/mol. The molecule has 28 heavy (non-hydrogen) atoms. The van der Waals surface area contributed by atoms with E-state index in [4.69, 9.17) is 9.47 Å². The minimum absolute atomic E-state index is 0.243. The molecule has 7 nitrogen and oxygen atoms in total. The third-order valence-electron chi connectivity index (χ3n) is 4.81. The number of hydrogen-bond acceptors (Lipinski definition) is 5. The Labute approximate surface area is 163 Å². The van der Waals surface area contributed by atoms with Gasteiger partial charge in [0.1, 0.15) is 11.2 Å². The van der Waals surface area contributed by atoms with Gasteiger partial charge < -0.3 is 20.1 Å². The van der Waals surface area contributed by atoms with E-state index < -0.39 is 17.3 Å². The number of ether oxygens (including phenoxy) is 2. The second-order valence-corrected chi connectivity index (χ2v) is 6.60. The predicted octanol–water partition coefficient (Wildman–Crippen LogP) is 2.52. The van der Waals surface area contributed by atoms with Crippen LogP contribution in [0.2, 0.25) is 0 Å². The zero-order valence-electron chi connectivity index (χ0n) is 15.8. The number of carbonyl (C=O) groups is 3. The lowest BCUT2D eigenvalue weighted by atomic mass is 10.0. The highest BCUT2D eigenvalue weighted by atomic mass is 16.5. The minimum atomic E-state index is -1.10. The van der Waals surface area contributed by atoms with Crippen molar-refractivity contribution in [2.75, 3.05) is 19.5 Å². The molecule has 1 aliphatic rings. The molecule has 1 saturated carbocycles. The summed E-state index contributed by atoms with van der Waals surface area (Å²) in [5, 5.41) is 5.53. The molecule has 0 aromatic heterocycles. The van der Waals surface area contributed by atoms with Crippen molar-refractivity contribution in [2.24, 2.45) is 5.41 Å². The first kappa shape index (κ1) is 19.4. The molecule has 2 aromatic carbocycles. The first-order chi connectivity index (χ1) is 13.5. The molecule has 1 fully saturated rings. The molecule has 0 saturated heterocycles. The van der Waals surface area contributed by atoms with Gasteiger partial charge in [-0.15, -0.1) is 0 Å². The molecule has 2 aromatic rings. The first-order valence-electron chi connectivity index (χ1n) is 8.90. The second kappa shape index (κ2) is 8.12. The highest BCUT2D eigenvalue weighted by Crippen LogP contribution is 2.47. The van der Waals surface area contributed by atoms with Crippen LogP contribution in [0.1, 0.15) is 28.8 Å². The third-order valence-corrected chi connectivity index (χ3v) is 4.81. The number of nitrogens with one attached hydrogen (secondary N) is 2. The van der Waals surface area contributed by atoms with Gasteiger partial charge in [0.05, 0.1) is 25.5 Å². The van der Waals surface area contributed by atoms with Crippen LogP contribution in [-0.2, 0) is 20.9 Å². The van der Waals surface area contributed by atoms with Gasteiger partial charge in [-0.25, -0.2) is 4.79 Å². The normalized spacial score (nSPS) is 13.9. The predicted molar refractivity (Wildman–Crippen MR) is 103 cm³/mol. The molecule has 0 aliphatic heterocycles. The van der Waals surface area contributed by atoms with Crippen LogP contribution in [-0.4, -0.2) is 32.0 Å². The Morgan fingerprint density at radius 2 is 1.64 bits per heavy atom. The van der Waals surface area contributed by atoms with Crippen LogP contribution < -0.4 is 15.4 Å². The number of esters is 1. The molecule has 0 unspecified atom stereocenters. The van der Waals surface area contributed by atoms with E-state index in [-0.39, 0.29) is 11.5 Å². The molecule has 2 N–H and O–H groups in total. The zero-order chi connectivity index (χ0) is 20.1. The number of anilines is 1. The van der Waals surface area contributed by atoms with Gasteiger partial charge in [-0.3, -0.25) is 9.59 Å². The Kier molecular flexibility index (Phi) is 5.63. The Balaban J connectivity index is 1.65. The number of benzene rings is 2. The summed E-state index contributed by atoms with van der Waals surface area (Å²) in [6, 6.07) is 13.9. The molecular weight excluding hydrogens is 360 g/mol. The molecule has 3 rings (SSSR count). The smallest absolute Gasteiger partial charge is 0.339 e. The number of methoxy groups -OCH3 is 2. The van der Waals surface area contributed by atoms with Crippen molar-refractivity contribution in [2.45, 2.75) is 19.4 Å². The summed E-state index contributed by atoms with van der Waals surface area (Å²) in [5.41, 5.74) is 0.373. The Morgan fingerprint density at radius 3 is 2.25 bits per heavy atom. The van der Waals surface area contributed by atoms with Crippen LogP contribution in [0.15, 0.2) is 48.5 Å². The summed E-state index contributed by atoms with van der Waals surface area (Å²) in [6.45, 7) is 0.316. The standard InChI is InChI=1S/C21H22N2O5/c1-27-15-9-7-14(8-10-15)13-22-19(25)21(11-12-21)20(26)23-17-6-4-3-5-16(17)18(24)28-2/h3-10H,11-13H2,1-2H3,(H,22,25)(H,23,26). The van der Waals surface area contributed by atoms with Crippen LogP contribution in [0.5, 0.6) is 5.75 Å². The molecule has 7 heteroatoms. The fraction of sp³-hybridized carbons (Fsp3) is 0.286. The molecular formula is C21H22N2O5. The van der Waals surface area contributed by atoms with Gasteiger partial charge in [-0.1, -0.05) is 24.3 Å². The van der Waals surface area contributed by atoms with E-state index in [1.165, 1.54) is 7.11 Å². The van der Waals surface area contributed by atoms with Crippen LogP contribution in [0.4, 0.5) is 5.69 Å². The largest absolute Gasteiger partial charge is 0.497 e. The van der Waals surface area contributed by atoms with E-state index in [1.54, 1.807) is 31.4 Å². The van der Waals surface area contributed by atoms with Gasteiger partial charge in [0.25, 0.3) is 0 Å². The van der Waals surface area contributed by atoms with Crippen molar-refractivity contribution < 1.29 is 23.9 Å². The summed E-state index contributed by atoms with van der Waals surface area (Å²) >= 11 is 0. The van der Waals surface area contributed by atoms with Gasteiger partial charge in [-0.2, -0.15) is 0 Å². The lowest BCUT2D eigenvalue weighted by molar-refractivity contribution is -0.134. The Bertz CT molecular complexity index is 888. The molecule has 0 bridgehead atoms. The number of amides is 2. The maximum Gasteiger partial charge on any atom is 0.339 e. The third kappa shape index (κ3) is 3.98. The van der Waals surface area contributed by atoms with E-state index in [2.05, 4.69) is 10.6 Å². The van der Waals surface area contributed by atoms with Crippen molar-refractivity contribution in [3.63, 3.8) is 0 Å². The van der Waals surface area contributed by atoms with Gasteiger partial charge in [-0.05, 0) is 42.7 Å². The van der Waals surface area contributed by atoms with Gasteiger partial charge in [0.2, 0.25) is 11.8 Å². The fourth-order valence-electron chi connectivity index (χ4n) is 2.90. The van der Waals surface area contributed by atoms with Crippen molar-refractivity contribution in [3.8, 4) is 5.75 Å². The summed E-state index contributed by atoms with van der Waals surface area (Å²) in [7, 11) is 2.86. The number of para-hydroxylation sites is 1. The quantitative estimate of drug-likeness (QED) is 0.567. The zero-order valence-corrected chi connectivity index (χ0v) is 15.8. The van der Waals surface area contributed by atoms with E-state index in [1.807, 2.05) is 24.3 Å². The van der Waals surface area contributed by atoms with Crippen LogP contribution in [0.25, 0.3) is 0 Å². The molecule has 0 spiro atoms. The van der Waals surface area contributed by atoms with Crippen molar-refractivity contribution >= 4 is 23.5 Å². The van der Waals surface area contributed by atoms with Crippen LogP contribution in [0.3, 0.4) is 0 Å². The minimum Gasteiger partial charge on any atom is -0.497 e. The van der Waals surface area contributed by atoms with Crippen molar-refractivity contribution in [3.05, 3.63) is 59.7 Å². The molecule has 0 radical (unpaired) electrons. The average Bonchev–Trinajstić information content (AvgIpc) is 3.54. The maximum absolute atomic E-state index is 12.8. The number of carbonyl (C=O) groups excluding carboxylic acids is 3. The highest BCUT2D eigenvalue weighted by molar-refractivity contribution is 6.14. The summed E-state index contributed by atoms with van der Waals surface area (Å²) < 4.78 is 9.84. The second-order valence-electron chi connectivity index (χ2n) is 6.60. The van der Waals surface area contributed by atoms with Gasteiger partial charge >= 0.3 is 5.97 Å². The van der Waals surface area contributed by atoms with E-state index >= 15 is 0 Å². The number of rotatable bonds is 7. The van der Waals surface area contributed by atoms with E-state index in [0.29, 0.717) is 25.1 Å². The van der Waals surface area contributed by atoms with Crippen molar-refractivity contribution in [1.29, 1.82) is 0 Å². The molecule has 0 heterocycles. The van der Waals surface area contributed by atoms with E-state index in [0.717, 1.165) is 11.3 Å². The van der Waals surface area contributed by atoms with Crippen LogP contribution in [0, 0.1) is 5.41 Å². The summed E-state index contributed by atoms with van der Waals surface area (Å²) in [6.07, 6.45) is 0.932. The highest BCUT2D eigenvalue weighted by Gasteiger charge is 2.56. The number of hydrogen-bond donors (Lipinski definition) is 2. The SMILES string of the molecule is COC(=O)c1ccccc1NC(=O)C1(C(=O)NCc2ccc(OC)cc2)CC1. The van der Waals surface area contributed by atoms with Crippen LogP contribution >= 0.6 is 0 Å². The summed E-state index contributed by atoms with van der Waals surface area (Å²) in [4.78, 5) is 37.3. The first-order valence-corrected chi connectivity index (χ1v) is 8.90. The summed E-state index contributed by atoms with van der Waals surface area (Å²) in [5.74, 6) is -0.561. The van der Waals surface area contributed by atoms with Gasteiger partial charge in [0.15, 0.2) is 0 Å². The Morgan fingerprint density at radius 1 is 0.964 bits per heavy atom. The molecule has 0 atom stereocenters. The van der Waals surface area contributed by atoms with Gasteiger partial charge in [0, 0.05) is 6.54 Å². The molecule has 1 aliphatic carbocycles. The topological polar surface area (TPSA) is 93.7 Å². The molecule has 2 amide bonds. The lowest BCUT2D eigenvalue weighted by Crippen LogP contribution is -2.39. The maximum atomic E-state index is 12.8. The molecule has 146 valence electrons. The fourth-order valence-corrected chi connectivity index (χ4v) is 2.90. The lowest BCUT2D eigenvalue weighted by Gasteiger charge is -2.17. The van der Waals surface area contributed by atoms with Crippen molar-refractivity contribution in [1.82, 2.24) is 5.32 Å². The van der Waals surface area contributed by atoms with E-state index in [9.17, 15) is 14.4 Å². The monoisotopic (exact) mass is 382 g/mol. The Hall–Kier alpha value is -3.35.